The van der Waals surface area contributed by atoms with E-state index in [1.165, 1.54) is 38.5 Å². The monoisotopic (exact) mass is 260 g/mol. The number of aliphatic hydroxyl groups excluding tert-OH is 2. The van der Waals surface area contributed by atoms with Gasteiger partial charge in [0.1, 0.15) is 0 Å². The van der Waals surface area contributed by atoms with Crippen LogP contribution in [-0.2, 0) is 0 Å². The minimum Gasteiger partial charge on any atom is -0.396 e. The van der Waals surface area contributed by atoms with Gasteiger partial charge in [0.15, 0.2) is 0 Å². The Morgan fingerprint density at radius 3 is 1.56 bits per heavy atom. The van der Waals surface area contributed by atoms with E-state index in [-0.39, 0.29) is 13.2 Å². The summed E-state index contributed by atoms with van der Waals surface area (Å²) in [6.07, 6.45) is 11.4. The van der Waals surface area contributed by atoms with Crippen LogP contribution in [0.5, 0.6) is 0 Å². The summed E-state index contributed by atoms with van der Waals surface area (Å²) in [6.45, 7) is 2.21. The Balaban J connectivity index is 3.49. The number of rotatable bonds is 13. The first-order chi connectivity index (χ1) is 8.68. The molecule has 3 nitrogen and oxygen atoms in total. The van der Waals surface area contributed by atoms with Crippen molar-refractivity contribution in [1.29, 1.82) is 0 Å². The van der Waals surface area contributed by atoms with Crippen molar-refractivity contribution in [3.63, 3.8) is 0 Å². The fourth-order valence-corrected chi connectivity index (χ4v) is 2.38. The Bertz CT molecular complexity index is 165. The van der Waals surface area contributed by atoms with Gasteiger partial charge in [-0.05, 0) is 19.3 Å². The van der Waals surface area contributed by atoms with Gasteiger partial charge in [-0.1, -0.05) is 58.3 Å². The maximum Gasteiger partial charge on any atom is 0.0691 e. The van der Waals surface area contributed by atoms with Crippen LogP contribution in [0, 0.1) is 0 Å². The highest BCUT2D eigenvalue weighted by Gasteiger charge is 2.24. The number of hydrogen-bond donors (Lipinski definition) is 3. The summed E-state index contributed by atoms with van der Waals surface area (Å²) in [4.78, 5) is 0. The molecule has 0 unspecified atom stereocenters. The first-order valence-corrected chi connectivity index (χ1v) is 7.62. The van der Waals surface area contributed by atoms with Crippen molar-refractivity contribution in [2.45, 2.75) is 83.2 Å². The Hall–Kier alpha value is -0.120. The first-order valence-electron chi connectivity index (χ1n) is 7.62. The maximum absolute atomic E-state index is 10.2. The van der Waals surface area contributed by atoms with E-state index < -0.39 is 5.60 Å². The molecule has 0 atom stereocenters. The van der Waals surface area contributed by atoms with Crippen molar-refractivity contribution >= 4 is 0 Å². The Morgan fingerprint density at radius 1 is 0.667 bits per heavy atom. The van der Waals surface area contributed by atoms with E-state index >= 15 is 0 Å². The fourth-order valence-electron chi connectivity index (χ4n) is 2.38. The zero-order valence-corrected chi connectivity index (χ0v) is 12.0. The summed E-state index contributed by atoms with van der Waals surface area (Å²) in [6, 6.07) is 0. The van der Waals surface area contributed by atoms with Crippen molar-refractivity contribution in [2.75, 3.05) is 13.2 Å². The summed E-state index contributed by atoms with van der Waals surface area (Å²) in [7, 11) is 0. The second kappa shape index (κ2) is 11.9. The SMILES string of the molecule is CCCCCCCCCCC(O)(CCO)CCO. The molecule has 18 heavy (non-hydrogen) atoms. The fraction of sp³-hybridized carbons (Fsp3) is 1.00. The quantitative estimate of drug-likeness (QED) is 0.446. The minimum atomic E-state index is -0.855. The topological polar surface area (TPSA) is 60.7 Å². The highest BCUT2D eigenvalue weighted by atomic mass is 16.3. The normalized spacial score (nSPS) is 12.0. The van der Waals surface area contributed by atoms with Crippen LogP contribution in [0.2, 0.25) is 0 Å². The van der Waals surface area contributed by atoms with Crippen LogP contribution < -0.4 is 0 Å². The summed E-state index contributed by atoms with van der Waals surface area (Å²) >= 11 is 0. The molecule has 3 N–H and O–H groups in total. The molecule has 0 saturated heterocycles. The van der Waals surface area contributed by atoms with Gasteiger partial charge in [0.25, 0.3) is 0 Å². The van der Waals surface area contributed by atoms with Gasteiger partial charge >= 0.3 is 0 Å². The van der Waals surface area contributed by atoms with Gasteiger partial charge in [0.05, 0.1) is 5.60 Å². The smallest absolute Gasteiger partial charge is 0.0691 e. The van der Waals surface area contributed by atoms with E-state index in [2.05, 4.69) is 6.92 Å². The van der Waals surface area contributed by atoms with Gasteiger partial charge in [-0.15, -0.1) is 0 Å². The molecule has 3 heteroatoms. The Labute approximate surface area is 112 Å². The molecule has 0 rings (SSSR count). The molecule has 0 aromatic heterocycles. The molecular formula is C15H32O3. The first kappa shape index (κ1) is 17.9. The molecule has 0 aromatic carbocycles. The van der Waals surface area contributed by atoms with E-state index in [9.17, 15) is 5.11 Å². The standard InChI is InChI=1S/C15H32O3/c1-2-3-4-5-6-7-8-9-10-15(18,11-13-16)12-14-17/h16-18H,2-14H2,1H3. The lowest BCUT2D eigenvalue weighted by Gasteiger charge is -2.26. The Morgan fingerprint density at radius 2 is 1.11 bits per heavy atom. The average molecular weight is 260 g/mol. The molecule has 0 aliphatic rings. The van der Waals surface area contributed by atoms with Gasteiger partial charge in [-0.3, -0.25) is 0 Å². The molecule has 0 aliphatic heterocycles. The second-order valence-corrected chi connectivity index (χ2v) is 5.40. The highest BCUT2D eigenvalue weighted by Crippen LogP contribution is 2.23. The third-order valence-corrected chi connectivity index (χ3v) is 3.65. The van der Waals surface area contributed by atoms with E-state index in [0.29, 0.717) is 19.3 Å². The second-order valence-electron chi connectivity index (χ2n) is 5.40. The lowest BCUT2D eigenvalue weighted by molar-refractivity contribution is -0.0140. The third kappa shape index (κ3) is 9.86. The molecule has 0 saturated carbocycles. The van der Waals surface area contributed by atoms with Crippen LogP contribution in [0.25, 0.3) is 0 Å². The summed E-state index contributed by atoms with van der Waals surface area (Å²) in [5.74, 6) is 0. The van der Waals surface area contributed by atoms with Crippen LogP contribution in [0.4, 0.5) is 0 Å². The van der Waals surface area contributed by atoms with E-state index in [1.54, 1.807) is 0 Å². The Kier molecular flexibility index (Phi) is 11.9. The van der Waals surface area contributed by atoms with E-state index in [4.69, 9.17) is 10.2 Å². The van der Waals surface area contributed by atoms with Gasteiger partial charge in [0, 0.05) is 13.2 Å². The lowest BCUT2D eigenvalue weighted by Crippen LogP contribution is -2.31. The molecular weight excluding hydrogens is 228 g/mol. The molecule has 0 aliphatic carbocycles. The minimum absolute atomic E-state index is 0.00643. The average Bonchev–Trinajstić information content (AvgIpc) is 2.33. The molecule has 0 radical (unpaired) electrons. The molecule has 0 heterocycles. The van der Waals surface area contributed by atoms with Crippen LogP contribution in [0.1, 0.15) is 77.6 Å². The van der Waals surface area contributed by atoms with Crippen LogP contribution in [0.15, 0.2) is 0 Å². The summed E-state index contributed by atoms with van der Waals surface area (Å²) in [5, 5.41) is 28.0. The van der Waals surface area contributed by atoms with Crippen molar-refractivity contribution in [1.82, 2.24) is 0 Å². The highest BCUT2D eigenvalue weighted by molar-refractivity contribution is 4.77. The van der Waals surface area contributed by atoms with Crippen molar-refractivity contribution in [3.8, 4) is 0 Å². The van der Waals surface area contributed by atoms with Gasteiger partial charge in [-0.2, -0.15) is 0 Å². The van der Waals surface area contributed by atoms with E-state index in [1.807, 2.05) is 0 Å². The maximum atomic E-state index is 10.2. The summed E-state index contributed by atoms with van der Waals surface area (Å²) < 4.78 is 0. The third-order valence-electron chi connectivity index (χ3n) is 3.65. The van der Waals surface area contributed by atoms with Crippen molar-refractivity contribution < 1.29 is 15.3 Å². The molecule has 0 amide bonds. The molecule has 0 aromatic rings. The summed E-state index contributed by atoms with van der Waals surface area (Å²) in [5.41, 5.74) is -0.855. The van der Waals surface area contributed by atoms with Gasteiger partial charge in [-0.25, -0.2) is 0 Å². The predicted octanol–water partition coefficient (Wildman–Crippen LogP) is 3.01. The molecule has 110 valence electrons. The van der Waals surface area contributed by atoms with Crippen LogP contribution in [-0.4, -0.2) is 34.1 Å². The molecule has 0 bridgehead atoms. The van der Waals surface area contributed by atoms with E-state index in [0.717, 1.165) is 12.8 Å². The predicted molar refractivity (Wildman–Crippen MR) is 75.6 cm³/mol. The zero-order valence-electron chi connectivity index (χ0n) is 12.0. The number of hydrogen-bond acceptors (Lipinski definition) is 3. The molecule has 0 fully saturated rings. The van der Waals surface area contributed by atoms with Crippen molar-refractivity contribution in [2.24, 2.45) is 0 Å². The lowest BCUT2D eigenvalue weighted by atomic mass is 9.89. The van der Waals surface area contributed by atoms with Gasteiger partial charge < -0.3 is 15.3 Å². The number of unbranched alkanes of at least 4 members (excludes halogenated alkanes) is 7. The van der Waals surface area contributed by atoms with Crippen LogP contribution >= 0.6 is 0 Å². The zero-order chi connectivity index (χ0) is 13.7. The largest absolute Gasteiger partial charge is 0.396 e. The van der Waals surface area contributed by atoms with Gasteiger partial charge in [0.2, 0.25) is 0 Å². The van der Waals surface area contributed by atoms with Crippen LogP contribution in [0.3, 0.4) is 0 Å². The molecule has 0 spiro atoms. The van der Waals surface area contributed by atoms with Crippen molar-refractivity contribution in [3.05, 3.63) is 0 Å². The number of aliphatic hydroxyl groups is 3.